The lowest BCUT2D eigenvalue weighted by atomic mass is 9.83. The van der Waals surface area contributed by atoms with Crippen LogP contribution >= 0.6 is 15.9 Å². The zero-order valence-electron chi connectivity index (χ0n) is 11.2. The van der Waals surface area contributed by atoms with Crippen molar-refractivity contribution in [3.63, 3.8) is 0 Å². The average molecular weight is 368 g/mol. The van der Waals surface area contributed by atoms with Gasteiger partial charge in [-0.25, -0.2) is 13.1 Å². The number of hydrogen-bond acceptors (Lipinski definition) is 5. The molecule has 1 fully saturated rings. The highest BCUT2D eigenvalue weighted by Crippen LogP contribution is 2.30. The van der Waals surface area contributed by atoms with Gasteiger partial charge in [0.1, 0.15) is 17.3 Å². The molecule has 0 aromatic carbocycles. The molecule has 114 valence electrons. The molecule has 1 aliphatic rings. The first-order chi connectivity index (χ1) is 9.36. The van der Waals surface area contributed by atoms with Crippen molar-refractivity contribution in [1.82, 2.24) is 4.72 Å². The molecule has 8 heteroatoms. The van der Waals surface area contributed by atoms with Gasteiger partial charge in [0.2, 0.25) is 10.0 Å². The first-order valence-electron chi connectivity index (χ1n) is 6.33. The van der Waals surface area contributed by atoms with Gasteiger partial charge in [-0.1, -0.05) is 6.92 Å². The first kappa shape index (κ1) is 16.0. The lowest BCUT2D eigenvalue weighted by Gasteiger charge is -2.33. The van der Waals surface area contributed by atoms with E-state index in [4.69, 9.17) is 14.3 Å². The second-order valence-electron chi connectivity index (χ2n) is 5.26. The van der Waals surface area contributed by atoms with E-state index in [0.717, 1.165) is 12.8 Å². The van der Waals surface area contributed by atoms with Crippen LogP contribution in [0.15, 0.2) is 20.0 Å². The highest BCUT2D eigenvalue weighted by molar-refractivity contribution is 9.10. The van der Waals surface area contributed by atoms with E-state index < -0.39 is 10.0 Å². The predicted molar refractivity (Wildman–Crippen MR) is 75.7 cm³/mol. The largest absolute Gasteiger partial charge is 0.450 e. The summed E-state index contributed by atoms with van der Waals surface area (Å²) in [4.78, 5) is 0.0113. The molecule has 1 aliphatic heterocycles. The molecule has 0 spiro atoms. The number of sulfonamides is 1. The smallest absolute Gasteiger partial charge is 0.244 e. The summed E-state index contributed by atoms with van der Waals surface area (Å²) in [6.07, 6.45) is 1.65. The van der Waals surface area contributed by atoms with E-state index in [2.05, 4.69) is 20.7 Å². The number of aliphatic hydroxyl groups is 1. The SMILES string of the molecule is CC1(CNS(=O)(=O)c2cc(CO)oc2Br)CCOCC1. The van der Waals surface area contributed by atoms with Gasteiger partial charge in [0.15, 0.2) is 4.67 Å². The van der Waals surface area contributed by atoms with Crippen LogP contribution in [0.3, 0.4) is 0 Å². The maximum absolute atomic E-state index is 12.3. The van der Waals surface area contributed by atoms with Gasteiger partial charge in [-0.3, -0.25) is 0 Å². The first-order valence-corrected chi connectivity index (χ1v) is 8.60. The fourth-order valence-electron chi connectivity index (χ4n) is 2.05. The molecule has 20 heavy (non-hydrogen) atoms. The zero-order valence-corrected chi connectivity index (χ0v) is 13.6. The molecule has 1 saturated heterocycles. The van der Waals surface area contributed by atoms with E-state index >= 15 is 0 Å². The van der Waals surface area contributed by atoms with Crippen molar-refractivity contribution in [2.45, 2.75) is 31.3 Å². The summed E-state index contributed by atoms with van der Waals surface area (Å²) in [6, 6.07) is 1.32. The highest BCUT2D eigenvalue weighted by atomic mass is 79.9. The predicted octanol–water partition coefficient (Wildman–Crippen LogP) is 1.63. The van der Waals surface area contributed by atoms with Crippen molar-refractivity contribution < 1.29 is 22.7 Å². The van der Waals surface area contributed by atoms with Crippen LogP contribution < -0.4 is 4.72 Å². The second-order valence-corrected chi connectivity index (χ2v) is 7.71. The highest BCUT2D eigenvalue weighted by Gasteiger charge is 2.30. The van der Waals surface area contributed by atoms with Crippen molar-refractivity contribution in [2.75, 3.05) is 19.8 Å². The fraction of sp³-hybridized carbons (Fsp3) is 0.667. The number of rotatable bonds is 5. The van der Waals surface area contributed by atoms with E-state index in [1.165, 1.54) is 6.07 Å². The fourth-order valence-corrected chi connectivity index (χ4v) is 4.24. The van der Waals surface area contributed by atoms with Gasteiger partial charge >= 0.3 is 0 Å². The van der Waals surface area contributed by atoms with Gasteiger partial charge in [-0.2, -0.15) is 0 Å². The van der Waals surface area contributed by atoms with E-state index in [9.17, 15) is 8.42 Å². The van der Waals surface area contributed by atoms with Crippen LogP contribution in [0.4, 0.5) is 0 Å². The lowest BCUT2D eigenvalue weighted by molar-refractivity contribution is 0.0264. The maximum Gasteiger partial charge on any atom is 0.244 e. The molecule has 1 aromatic rings. The van der Waals surface area contributed by atoms with E-state index in [1.54, 1.807) is 0 Å². The van der Waals surface area contributed by atoms with Crippen LogP contribution in [-0.2, 0) is 21.4 Å². The Bertz CT molecular complexity index is 562. The van der Waals surface area contributed by atoms with Crippen molar-refractivity contribution in [1.29, 1.82) is 0 Å². The normalized spacial score (nSPS) is 19.1. The minimum absolute atomic E-state index is 0.0113. The molecule has 2 N–H and O–H groups in total. The summed E-state index contributed by atoms with van der Waals surface area (Å²) in [5.41, 5.74) is -0.0959. The number of furan rings is 1. The zero-order chi connectivity index (χ0) is 14.8. The molecule has 0 radical (unpaired) electrons. The maximum atomic E-state index is 12.3. The number of ether oxygens (including phenoxy) is 1. The average Bonchev–Trinajstić information content (AvgIpc) is 2.80. The Morgan fingerprint density at radius 2 is 2.10 bits per heavy atom. The quantitative estimate of drug-likeness (QED) is 0.825. The van der Waals surface area contributed by atoms with Crippen LogP contribution in [-0.4, -0.2) is 33.3 Å². The molecule has 6 nitrogen and oxygen atoms in total. The molecule has 1 aromatic heterocycles. The number of aliphatic hydroxyl groups excluding tert-OH is 1. The monoisotopic (exact) mass is 367 g/mol. The molecule has 0 unspecified atom stereocenters. The van der Waals surface area contributed by atoms with Crippen molar-refractivity contribution in [2.24, 2.45) is 5.41 Å². The summed E-state index contributed by atoms with van der Waals surface area (Å²) in [7, 11) is -3.66. The molecule has 0 saturated carbocycles. The van der Waals surface area contributed by atoms with Crippen LogP contribution in [0.5, 0.6) is 0 Å². The van der Waals surface area contributed by atoms with Crippen LogP contribution in [0, 0.1) is 5.41 Å². The lowest BCUT2D eigenvalue weighted by Crippen LogP contribution is -2.39. The summed E-state index contributed by atoms with van der Waals surface area (Å²) < 4.78 is 37.6. The third-order valence-electron chi connectivity index (χ3n) is 3.54. The topological polar surface area (TPSA) is 88.8 Å². The van der Waals surface area contributed by atoms with Crippen molar-refractivity contribution in [3.05, 3.63) is 16.5 Å². The summed E-state index contributed by atoms with van der Waals surface area (Å²) in [5.74, 6) is 0.203. The van der Waals surface area contributed by atoms with Gasteiger partial charge in [0.25, 0.3) is 0 Å². The molecule has 0 amide bonds. The second kappa shape index (κ2) is 6.15. The molecule has 0 bridgehead atoms. The molecule has 0 aliphatic carbocycles. The number of halogens is 1. The van der Waals surface area contributed by atoms with E-state index in [1.807, 2.05) is 6.92 Å². The molecule has 2 rings (SSSR count). The Hall–Kier alpha value is -0.410. The molecule has 2 heterocycles. The summed E-state index contributed by atoms with van der Waals surface area (Å²) >= 11 is 3.06. The third-order valence-corrected chi connectivity index (χ3v) is 5.80. The minimum atomic E-state index is -3.66. The molecular formula is C12H18BrNO5S. The van der Waals surface area contributed by atoms with Crippen molar-refractivity contribution >= 4 is 26.0 Å². The van der Waals surface area contributed by atoms with Gasteiger partial charge < -0.3 is 14.3 Å². The van der Waals surface area contributed by atoms with E-state index in [0.29, 0.717) is 19.8 Å². The minimum Gasteiger partial charge on any atom is -0.450 e. The van der Waals surface area contributed by atoms with Gasteiger partial charge in [-0.05, 0) is 34.2 Å². The summed E-state index contributed by atoms with van der Waals surface area (Å²) in [6.45, 7) is 3.36. The Kier molecular flexibility index (Phi) is 4.91. The van der Waals surface area contributed by atoms with Crippen LogP contribution in [0.2, 0.25) is 0 Å². The Labute approximate surface area is 126 Å². The number of nitrogens with one attached hydrogen (secondary N) is 1. The summed E-state index contributed by atoms with van der Waals surface area (Å²) in [5, 5.41) is 8.97. The molecule has 0 atom stereocenters. The standard InChI is InChI=1S/C12H18BrNO5S/c1-12(2-4-18-5-3-12)8-14-20(16,17)10-6-9(7-15)19-11(10)13/h6,14-15H,2-5,7-8H2,1H3. The number of hydrogen-bond donors (Lipinski definition) is 2. The van der Waals surface area contributed by atoms with Crippen LogP contribution in [0.1, 0.15) is 25.5 Å². The van der Waals surface area contributed by atoms with Crippen molar-refractivity contribution in [3.8, 4) is 0 Å². The van der Waals surface area contributed by atoms with Gasteiger partial charge in [0.05, 0.1) is 0 Å². The Balaban J connectivity index is 2.08. The van der Waals surface area contributed by atoms with Gasteiger partial charge in [-0.15, -0.1) is 0 Å². The van der Waals surface area contributed by atoms with Crippen LogP contribution in [0.25, 0.3) is 0 Å². The Morgan fingerprint density at radius 3 is 2.65 bits per heavy atom. The van der Waals surface area contributed by atoms with E-state index in [-0.39, 0.29) is 27.3 Å². The third kappa shape index (κ3) is 3.62. The van der Waals surface area contributed by atoms with Gasteiger partial charge in [0, 0.05) is 25.8 Å². The molecular weight excluding hydrogens is 350 g/mol. The Morgan fingerprint density at radius 1 is 1.45 bits per heavy atom.